The van der Waals surface area contributed by atoms with E-state index in [1.54, 1.807) is 18.1 Å². The maximum atomic E-state index is 12.1. The lowest BCUT2D eigenvalue weighted by Crippen LogP contribution is -2.39. The van der Waals surface area contributed by atoms with Gasteiger partial charge in [0.15, 0.2) is 11.5 Å². The monoisotopic (exact) mass is 272 g/mol. The number of carbonyl (C=O) groups excluding carboxylic acids is 1. The molecular formula is C12H17ClN2O3. The molecule has 1 aromatic rings. The zero-order valence-electron chi connectivity index (χ0n) is 10.4. The summed E-state index contributed by atoms with van der Waals surface area (Å²) in [4.78, 5) is 13.9. The minimum absolute atomic E-state index is 0.0749. The number of carbonyl (C=O) groups is 1. The molecular weight excluding hydrogens is 256 g/mol. The van der Waals surface area contributed by atoms with Crippen LogP contribution < -0.4 is 0 Å². The number of piperidine rings is 1. The molecule has 1 saturated heterocycles. The molecule has 1 aliphatic rings. The van der Waals surface area contributed by atoms with Crippen LogP contribution in [-0.2, 0) is 11.3 Å². The number of alkyl halides is 1. The first-order valence-electron chi connectivity index (χ1n) is 6.04. The number of methoxy groups -OCH3 is 1. The predicted molar refractivity (Wildman–Crippen MR) is 66.6 cm³/mol. The normalized spacial score (nSPS) is 17.1. The largest absolute Gasteiger partial charge is 0.377 e. The number of nitrogens with zero attached hydrogens (tertiary/aromatic N) is 2. The van der Waals surface area contributed by atoms with Gasteiger partial charge in [-0.25, -0.2) is 0 Å². The number of aromatic nitrogens is 1. The molecule has 5 nitrogen and oxygen atoms in total. The molecule has 0 atom stereocenters. The molecule has 18 heavy (non-hydrogen) atoms. The SMILES string of the molecule is COCc1cc(C(=O)N2CCC(CCl)CC2)no1. The van der Waals surface area contributed by atoms with Crippen molar-refractivity contribution in [3.63, 3.8) is 0 Å². The first kappa shape index (κ1) is 13.4. The molecule has 0 N–H and O–H groups in total. The van der Waals surface area contributed by atoms with Gasteiger partial charge in [0, 0.05) is 32.1 Å². The van der Waals surface area contributed by atoms with E-state index in [9.17, 15) is 4.79 Å². The fraction of sp³-hybridized carbons (Fsp3) is 0.667. The van der Waals surface area contributed by atoms with Crippen molar-refractivity contribution in [1.82, 2.24) is 10.1 Å². The van der Waals surface area contributed by atoms with Crippen LogP contribution in [0.15, 0.2) is 10.6 Å². The highest BCUT2D eigenvalue weighted by Gasteiger charge is 2.25. The van der Waals surface area contributed by atoms with E-state index in [0.29, 0.717) is 29.9 Å². The zero-order valence-corrected chi connectivity index (χ0v) is 11.2. The maximum absolute atomic E-state index is 12.1. The van der Waals surface area contributed by atoms with Crippen molar-refractivity contribution in [2.75, 3.05) is 26.1 Å². The molecule has 0 unspecified atom stereocenters. The predicted octanol–water partition coefficient (Wildman–Crippen LogP) is 1.91. The molecule has 1 fully saturated rings. The van der Waals surface area contributed by atoms with E-state index in [4.69, 9.17) is 20.9 Å². The van der Waals surface area contributed by atoms with Crippen LogP contribution in [0.3, 0.4) is 0 Å². The van der Waals surface area contributed by atoms with Crippen molar-refractivity contribution in [3.8, 4) is 0 Å². The zero-order chi connectivity index (χ0) is 13.0. The van der Waals surface area contributed by atoms with Crippen molar-refractivity contribution in [2.45, 2.75) is 19.4 Å². The van der Waals surface area contributed by atoms with E-state index in [0.717, 1.165) is 25.9 Å². The van der Waals surface area contributed by atoms with Crippen molar-refractivity contribution >= 4 is 17.5 Å². The van der Waals surface area contributed by atoms with Crippen LogP contribution in [-0.4, -0.2) is 42.0 Å². The van der Waals surface area contributed by atoms with E-state index < -0.39 is 0 Å². The molecule has 6 heteroatoms. The number of likely N-dealkylation sites (tertiary alicyclic amines) is 1. The number of amides is 1. The Morgan fingerprint density at radius 3 is 2.94 bits per heavy atom. The molecule has 2 heterocycles. The van der Waals surface area contributed by atoms with Crippen LogP contribution in [0.4, 0.5) is 0 Å². The summed E-state index contributed by atoms with van der Waals surface area (Å²) in [6, 6.07) is 1.64. The first-order valence-corrected chi connectivity index (χ1v) is 6.57. The molecule has 0 spiro atoms. The molecule has 1 aliphatic heterocycles. The van der Waals surface area contributed by atoms with Gasteiger partial charge < -0.3 is 14.2 Å². The summed E-state index contributed by atoms with van der Waals surface area (Å²) in [7, 11) is 1.57. The number of ether oxygens (including phenoxy) is 1. The number of rotatable bonds is 4. The van der Waals surface area contributed by atoms with Crippen LogP contribution in [0.1, 0.15) is 29.1 Å². The molecule has 2 rings (SSSR count). The van der Waals surface area contributed by atoms with Gasteiger partial charge in [0.1, 0.15) is 6.61 Å². The first-order chi connectivity index (χ1) is 8.74. The fourth-order valence-corrected chi connectivity index (χ4v) is 2.39. The maximum Gasteiger partial charge on any atom is 0.276 e. The van der Waals surface area contributed by atoms with Crippen molar-refractivity contribution in [3.05, 3.63) is 17.5 Å². The van der Waals surface area contributed by atoms with Gasteiger partial charge in [0.2, 0.25) is 0 Å². The third-order valence-electron chi connectivity index (χ3n) is 3.18. The summed E-state index contributed by atoms with van der Waals surface area (Å²) in [6.45, 7) is 1.81. The van der Waals surface area contributed by atoms with E-state index in [-0.39, 0.29) is 5.91 Å². The van der Waals surface area contributed by atoms with Gasteiger partial charge in [-0.15, -0.1) is 11.6 Å². The van der Waals surface area contributed by atoms with Crippen LogP contribution in [0.25, 0.3) is 0 Å². The van der Waals surface area contributed by atoms with Gasteiger partial charge in [-0.1, -0.05) is 5.16 Å². The van der Waals surface area contributed by atoms with Gasteiger partial charge in [0.25, 0.3) is 5.91 Å². The van der Waals surface area contributed by atoms with Gasteiger partial charge in [0.05, 0.1) is 0 Å². The Hall–Kier alpha value is -1.07. The summed E-state index contributed by atoms with van der Waals surface area (Å²) in [5.41, 5.74) is 0.353. The van der Waals surface area contributed by atoms with E-state index in [1.165, 1.54) is 0 Å². The third-order valence-corrected chi connectivity index (χ3v) is 3.62. The summed E-state index contributed by atoms with van der Waals surface area (Å²) in [5.74, 6) is 1.69. The highest BCUT2D eigenvalue weighted by Crippen LogP contribution is 2.20. The second kappa shape index (κ2) is 6.20. The Kier molecular flexibility index (Phi) is 4.60. The molecule has 0 saturated carbocycles. The molecule has 0 aliphatic carbocycles. The van der Waals surface area contributed by atoms with E-state index in [2.05, 4.69) is 5.16 Å². The molecule has 0 bridgehead atoms. The highest BCUT2D eigenvalue weighted by molar-refractivity contribution is 6.18. The Bertz CT molecular complexity index is 400. The number of hydrogen-bond donors (Lipinski definition) is 0. The number of halogens is 1. The van der Waals surface area contributed by atoms with Crippen molar-refractivity contribution < 1.29 is 14.1 Å². The average Bonchev–Trinajstić information content (AvgIpc) is 2.87. The second-order valence-corrected chi connectivity index (χ2v) is 4.81. The van der Waals surface area contributed by atoms with Crippen LogP contribution in [0, 0.1) is 5.92 Å². The number of hydrogen-bond acceptors (Lipinski definition) is 4. The van der Waals surface area contributed by atoms with Gasteiger partial charge >= 0.3 is 0 Å². The van der Waals surface area contributed by atoms with Crippen LogP contribution in [0.5, 0.6) is 0 Å². The summed E-state index contributed by atoms with van der Waals surface area (Å²) in [6.07, 6.45) is 1.91. The van der Waals surface area contributed by atoms with Gasteiger partial charge in [-0.2, -0.15) is 0 Å². The van der Waals surface area contributed by atoms with E-state index >= 15 is 0 Å². The minimum Gasteiger partial charge on any atom is -0.377 e. The van der Waals surface area contributed by atoms with Gasteiger partial charge in [-0.05, 0) is 18.8 Å². The topological polar surface area (TPSA) is 55.6 Å². The summed E-state index contributed by atoms with van der Waals surface area (Å²) >= 11 is 5.82. The Balaban J connectivity index is 1.94. The summed E-state index contributed by atoms with van der Waals surface area (Å²) in [5, 5.41) is 3.78. The molecule has 1 aromatic heterocycles. The van der Waals surface area contributed by atoms with E-state index in [1.807, 2.05) is 0 Å². The van der Waals surface area contributed by atoms with Gasteiger partial charge in [-0.3, -0.25) is 4.79 Å². The summed E-state index contributed by atoms with van der Waals surface area (Å²) < 4.78 is 9.94. The Morgan fingerprint density at radius 1 is 1.61 bits per heavy atom. The average molecular weight is 273 g/mol. The Morgan fingerprint density at radius 2 is 2.33 bits per heavy atom. The molecule has 0 aromatic carbocycles. The Labute approximate surface area is 111 Å². The quantitative estimate of drug-likeness (QED) is 0.786. The standard InChI is InChI=1S/C12H17ClN2O3/c1-17-8-10-6-11(14-18-10)12(16)15-4-2-9(7-13)3-5-15/h6,9H,2-5,7-8H2,1H3. The van der Waals surface area contributed by atoms with Crippen LogP contribution >= 0.6 is 11.6 Å². The highest BCUT2D eigenvalue weighted by atomic mass is 35.5. The van der Waals surface area contributed by atoms with Crippen LogP contribution in [0.2, 0.25) is 0 Å². The molecule has 100 valence electrons. The minimum atomic E-state index is -0.0749. The molecule has 0 radical (unpaired) electrons. The second-order valence-electron chi connectivity index (χ2n) is 4.50. The lowest BCUT2D eigenvalue weighted by Gasteiger charge is -2.30. The smallest absolute Gasteiger partial charge is 0.276 e. The van der Waals surface area contributed by atoms with Crippen molar-refractivity contribution in [1.29, 1.82) is 0 Å². The molecule has 1 amide bonds. The fourth-order valence-electron chi connectivity index (χ4n) is 2.08. The third kappa shape index (κ3) is 3.03. The lowest BCUT2D eigenvalue weighted by atomic mass is 9.99. The van der Waals surface area contributed by atoms with Crippen molar-refractivity contribution in [2.24, 2.45) is 5.92 Å². The lowest BCUT2D eigenvalue weighted by molar-refractivity contribution is 0.0687.